The zero-order valence-electron chi connectivity index (χ0n) is 15.3. The molecule has 0 bridgehead atoms. The highest BCUT2D eigenvalue weighted by Gasteiger charge is 2.15. The van der Waals surface area contributed by atoms with Crippen molar-refractivity contribution in [2.75, 3.05) is 36.5 Å². The third-order valence-electron chi connectivity index (χ3n) is 4.74. The fourth-order valence-electron chi connectivity index (χ4n) is 3.38. The number of nitrogens with zero attached hydrogens (tertiary/aromatic N) is 5. The summed E-state index contributed by atoms with van der Waals surface area (Å²) in [5.41, 5.74) is 4.44. The number of benzene rings is 1. The van der Waals surface area contributed by atoms with E-state index in [1.807, 2.05) is 6.92 Å². The van der Waals surface area contributed by atoms with Crippen LogP contribution in [-0.2, 0) is 11.2 Å². The number of anilines is 3. The van der Waals surface area contributed by atoms with Crippen LogP contribution >= 0.6 is 0 Å². The molecule has 7 heteroatoms. The molecular formula is C19H24N6O. The topological polar surface area (TPSA) is 67.6 Å². The number of nitrogens with one attached hydrogen (secondary N) is 1. The Labute approximate surface area is 153 Å². The molecule has 7 nitrogen and oxygen atoms in total. The van der Waals surface area contributed by atoms with Crippen molar-refractivity contribution in [3.63, 3.8) is 0 Å². The van der Waals surface area contributed by atoms with Gasteiger partial charge in [-0.05, 0) is 37.6 Å². The zero-order chi connectivity index (χ0) is 17.9. The smallest absolute Gasteiger partial charge is 0.254 e. The molecule has 26 heavy (non-hydrogen) atoms. The number of hydrogen-bond acceptors (Lipinski definition) is 6. The molecule has 0 unspecified atom stereocenters. The van der Waals surface area contributed by atoms with Crippen LogP contribution in [0.4, 0.5) is 17.2 Å². The first-order valence-corrected chi connectivity index (χ1v) is 9.15. The van der Waals surface area contributed by atoms with Crippen molar-refractivity contribution in [2.45, 2.75) is 26.7 Å². The molecule has 1 aliphatic heterocycles. The Morgan fingerprint density at radius 3 is 2.65 bits per heavy atom. The Kier molecular flexibility index (Phi) is 4.71. The number of fused-ring (bicyclic) bond motifs is 1. The van der Waals surface area contributed by atoms with Crippen molar-refractivity contribution >= 4 is 23.0 Å². The van der Waals surface area contributed by atoms with E-state index in [1.54, 1.807) is 10.8 Å². The van der Waals surface area contributed by atoms with Crippen molar-refractivity contribution in [1.82, 2.24) is 19.6 Å². The van der Waals surface area contributed by atoms with Crippen LogP contribution in [0, 0.1) is 6.92 Å². The van der Waals surface area contributed by atoms with Gasteiger partial charge in [0.05, 0.1) is 13.2 Å². The summed E-state index contributed by atoms with van der Waals surface area (Å²) >= 11 is 0. The predicted molar refractivity (Wildman–Crippen MR) is 102 cm³/mol. The Hall–Kier alpha value is -2.67. The molecule has 0 amide bonds. The second kappa shape index (κ2) is 7.29. The molecule has 3 aromatic rings. The molecule has 0 radical (unpaired) electrons. The molecule has 1 aromatic carbocycles. The minimum absolute atomic E-state index is 0.620. The fraction of sp³-hybridized carbons (Fsp3) is 0.421. The molecule has 0 aliphatic carbocycles. The second-order valence-corrected chi connectivity index (χ2v) is 6.52. The highest BCUT2D eigenvalue weighted by Crippen LogP contribution is 2.26. The van der Waals surface area contributed by atoms with E-state index in [2.05, 4.69) is 56.5 Å². The predicted octanol–water partition coefficient (Wildman–Crippen LogP) is 2.97. The van der Waals surface area contributed by atoms with Gasteiger partial charge < -0.3 is 15.0 Å². The van der Waals surface area contributed by atoms with Gasteiger partial charge >= 0.3 is 0 Å². The van der Waals surface area contributed by atoms with Crippen LogP contribution in [0.3, 0.4) is 0 Å². The van der Waals surface area contributed by atoms with Gasteiger partial charge in [-0.25, -0.2) is 4.98 Å². The average molecular weight is 352 g/mol. The van der Waals surface area contributed by atoms with E-state index in [-0.39, 0.29) is 0 Å². The van der Waals surface area contributed by atoms with E-state index in [1.165, 1.54) is 11.3 Å². The van der Waals surface area contributed by atoms with Gasteiger partial charge in [-0.3, -0.25) is 0 Å². The highest BCUT2D eigenvalue weighted by molar-refractivity contribution is 5.65. The van der Waals surface area contributed by atoms with Crippen molar-refractivity contribution in [1.29, 1.82) is 0 Å². The SMILES string of the molecule is CCCc1c(C)nc2ncnn2c1Nc1ccc(N2CCOCC2)cc1. The first-order valence-electron chi connectivity index (χ1n) is 9.15. The van der Waals surface area contributed by atoms with E-state index < -0.39 is 0 Å². The largest absolute Gasteiger partial charge is 0.378 e. The standard InChI is InChI=1S/C19H24N6O/c1-3-4-17-14(2)22-19-20-13-21-25(19)18(17)23-15-5-7-16(8-6-15)24-9-11-26-12-10-24/h5-8,13,23H,3-4,9-12H2,1-2H3. The zero-order valence-corrected chi connectivity index (χ0v) is 15.3. The van der Waals surface area contributed by atoms with Gasteiger partial charge in [0.25, 0.3) is 5.78 Å². The Morgan fingerprint density at radius 2 is 1.92 bits per heavy atom. The van der Waals surface area contributed by atoms with Gasteiger partial charge in [0, 0.05) is 35.7 Å². The lowest BCUT2D eigenvalue weighted by molar-refractivity contribution is 0.122. The number of aryl methyl sites for hydroxylation is 1. The van der Waals surface area contributed by atoms with Gasteiger partial charge in [-0.15, -0.1) is 0 Å². The van der Waals surface area contributed by atoms with E-state index in [0.717, 1.165) is 56.3 Å². The lowest BCUT2D eigenvalue weighted by Gasteiger charge is -2.29. The van der Waals surface area contributed by atoms with Gasteiger partial charge in [-0.2, -0.15) is 14.6 Å². The molecule has 0 saturated carbocycles. The number of rotatable bonds is 5. The van der Waals surface area contributed by atoms with E-state index in [4.69, 9.17) is 4.74 Å². The van der Waals surface area contributed by atoms with Crippen LogP contribution in [0.1, 0.15) is 24.6 Å². The normalized spacial score (nSPS) is 14.8. The molecule has 2 aromatic heterocycles. The van der Waals surface area contributed by atoms with Gasteiger partial charge in [0.1, 0.15) is 12.1 Å². The summed E-state index contributed by atoms with van der Waals surface area (Å²) in [7, 11) is 0. The van der Waals surface area contributed by atoms with E-state index in [0.29, 0.717) is 5.78 Å². The van der Waals surface area contributed by atoms with Crippen LogP contribution in [0.15, 0.2) is 30.6 Å². The summed E-state index contributed by atoms with van der Waals surface area (Å²) in [6.07, 6.45) is 3.54. The van der Waals surface area contributed by atoms with Crippen LogP contribution in [0.5, 0.6) is 0 Å². The maximum absolute atomic E-state index is 5.43. The maximum atomic E-state index is 5.43. The quantitative estimate of drug-likeness (QED) is 0.761. The minimum atomic E-state index is 0.620. The molecule has 1 aliphatic rings. The summed E-state index contributed by atoms with van der Waals surface area (Å²) < 4.78 is 7.21. The monoisotopic (exact) mass is 352 g/mol. The van der Waals surface area contributed by atoms with E-state index in [9.17, 15) is 0 Å². The molecule has 1 fully saturated rings. The van der Waals surface area contributed by atoms with Gasteiger partial charge in [0.15, 0.2) is 0 Å². The molecule has 0 spiro atoms. The molecular weight excluding hydrogens is 328 g/mol. The fourth-order valence-corrected chi connectivity index (χ4v) is 3.38. The summed E-state index contributed by atoms with van der Waals surface area (Å²) in [5.74, 6) is 1.57. The Balaban J connectivity index is 1.64. The number of hydrogen-bond donors (Lipinski definition) is 1. The van der Waals surface area contributed by atoms with Gasteiger partial charge in [-0.1, -0.05) is 13.3 Å². The average Bonchev–Trinajstić information content (AvgIpc) is 3.14. The summed E-state index contributed by atoms with van der Waals surface area (Å²) in [5, 5.41) is 7.88. The van der Waals surface area contributed by atoms with Crippen molar-refractivity contribution in [3.05, 3.63) is 41.9 Å². The summed E-state index contributed by atoms with van der Waals surface area (Å²) in [4.78, 5) is 11.2. The molecule has 4 rings (SSSR count). The molecule has 1 saturated heterocycles. The Bertz CT molecular complexity index is 883. The molecule has 1 N–H and O–H groups in total. The first kappa shape index (κ1) is 16.8. The number of morpholine rings is 1. The third-order valence-corrected chi connectivity index (χ3v) is 4.74. The third kappa shape index (κ3) is 3.22. The number of ether oxygens (including phenoxy) is 1. The van der Waals surface area contributed by atoms with Crippen LogP contribution in [0.2, 0.25) is 0 Å². The van der Waals surface area contributed by atoms with Crippen molar-refractivity contribution in [3.8, 4) is 0 Å². The highest BCUT2D eigenvalue weighted by atomic mass is 16.5. The van der Waals surface area contributed by atoms with Crippen LogP contribution in [-0.4, -0.2) is 45.9 Å². The number of aromatic nitrogens is 4. The van der Waals surface area contributed by atoms with Crippen molar-refractivity contribution in [2.24, 2.45) is 0 Å². The molecule has 3 heterocycles. The summed E-state index contributed by atoms with van der Waals surface area (Å²) in [6, 6.07) is 8.53. The Morgan fingerprint density at radius 1 is 1.15 bits per heavy atom. The molecule has 136 valence electrons. The lowest BCUT2D eigenvalue weighted by Crippen LogP contribution is -2.36. The van der Waals surface area contributed by atoms with E-state index >= 15 is 0 Å². The van der Waals surface area contributed by atoms with Crippen molar-refractivity contribution < 1.29 is 4.74 Å². The minimum Gasteiger partial charge on any atom is -0.378 e. The first-order chi connectivity index (χ1) is 12.8. The second-order valence-electron chi connectivity index (χ2n) is 6.52. The molecule has 0 atom stereocenters. The maximum Gasteiger partial charge on any atom is 0.254 e. The lowest BCUT2D eigenvalue weighted by atomic mass is 10.1. The van der Waals surface area contributed by atoms with Gasteiger partial charge in [0.2, 0.25) is 0 Å². The van der Waals surface area contributed by atoms with Crippen LogP contribution in [0.25, 0.3) is 5.78 Å². The summed E-state index contributed by atoms with van der Waals surface area (Å²) in [6.45, 7) is 7.67. The van der Waals surface area contributed by atoms with Crippen LogP contribution < -0.4 is 10.2 Å².